The van der Waals surface area contributed by atoms with Crippen molar-refractivity contribution in [3.05, 3.63) is 0 Å². The second-order valence-corrected chi connectivity index (χ2v) is 10.1. The number of ether oxygens (including phenoxy) is 8. The first-order valence-electron chi connectivity index (χ1n) is 16.5. The summed E-state index contributed by atoms with van der Waals surface area (Å²) in [5, 5.41) is 0. The molecule has 0 heterocycles. The van der Waals surface area contributed by atoms with E-state index in [2.05, 4.69) is 13.8 Å². The topological polar surface area (TPSA) is 73.8 Å². The van der Waals surface area contributed by atoms with Gasteiger partial charge in [-0.25, -0.2) is 0 Å². The summed E-state index contributed by atoms with van der Waals surface area (Å²) >= 11 is 0. The van der Waals surface area contributed by atoms with Gasteiger partial charge in [0.15, 0.2) is 0 Å². The molecule has 0 fully saturated rings. The highest BCUT2D eigenvalue weighted by atomic mass is 16.6. The Morgan fingerprint density at radius 2 is 0.375 bits per heavy atom. The second-order valence-electron chi connectivity index (χ2n) is 10.1. The molecule has 0 aliphatic rings. The van der Waals surface area contributed by atoms with E-state index in [1.165, 1.54) is 77.0 Å². The molecule has 8 nitrogen and oxygen atoms in total. The van der Waals surface area contributed by atoms with Gasteiger partial charge < -0.3 is 37.9 Å². The normalized spacial score (nSPS) is 11.6. The molecule has 0 aliphatic carbocycles. The molecular weight excluding hydrogens is 512 g/mol. The minimum absolute atomic E-state index is 0.553. The first-order chi connectivity index (χ1) is 19.9. The molecule has 0 aromatic rings. The van der Waals surface area contributed by atoms with Gasteiger partial charge in [-0.3, -0.25) is 0 Å². The number of hydrogen-bond acceptors (Lipinski definition) is 8. The molecule has 40 heavy (non-hydrogen) atoms. The molecule has 0 atom stereocenters. The van der Waals surface area contributed by atoms with Gasteiger partial charge in [-0.2, -0.15) is 0 Å². The molecule has 0 rings (SSSR count). The first-order valence-corrected chi connectivity index (χ1v) is 16.5. The van der Waals surface area contributed by atoms with Crippen LogP contribution in [0, 0.1) is 0 Å². The third kappa shape index (κ3) is 37.7. The molecule has 0 N–H and O–H groups in total. The number of rotatable bonds is 37. The largest absolute Gasteiger partial charge is 0.379 e. The highest BCUT2D eigenvalue weighted by Gasteiger charge is 1.96. The third-order valence-electron chi connectivity index (χ3n) is 6.39. The fraction of sp³-hybridized carbons (Fsp3) is 1.00. The van der Waals surface area contributed by atoms with Crippen molar-refractivity contribution >= 4 is 0 Å². The van der Waals surface area contributed by atoms with Crippen LogP contribution in [0.25, 0.3) is 0 Å². The van der Waals surface area contributed by atoms with Gasteiger partial charge in [-0.15, -0.1) is 0 Å². The van der Waals surface area contributed by atoms with Gasteiger partial charge in [0.2, 0.25) is 0 Å². The van der Waals surface area contributed by atoms with Crippen molar-refractivity contribution in [3.63, 3.8) is 0 Å². The van der Waals surface area contributed by atoms with E-state index in [0.717, 1.165) is 26.1 Å². The predicted octanol–water partition coefficient (Wildman–Crippen LogP) is 6.62. The van der Waals surface area contributed by atoms with Gasteiger partial charge in [0.1, 0.15) is 0 Å². The van der Waals surface area contributed by atoms with Gasteiger partial charge in [0.05, 0.1) is 92.5 Å². The lowest BCUT2D eigenvalue weighted by atomic mass is 10.1. The average molecular weight is 579 g/mol. The molecule has 242 valence electrons. The van der Waals surface area contributed by atoms with E-state index in [4.69, 9.17) is 37.9 Å². The van der Waals surface area contributed by atoms with Gasteiger partial charge >= 0.3 is 0 Å². The molecule has 8 heteroatoms. The van der Waals surface area contributed by atoms with Crippen molar-refractivity contribution in [2.45, 2.75) is 104 Å². The second kappa shape index (κ2) is 38.7. The molecule has 0 radical (unpaired) electrons. The molecule has 0 amide bonds. The van der Waals surface area contributed by atoms with Crippen molar-refractivity contribution in [2.24, 2.45) is 0 Å². The van der Waals surface area contributed by atoms with Gasteiger partial charge in [0.25, 0.3) is 0 Å². The Kier molecular flexibility index (Phi) is 38.4. The highest BCUT2D eigenvalue weighted by molar-refractivity contribution is 4.48. The summed E-state index contributed by atoms with van der Waals surface area (Å²) in [4.78, 5) is 0. The van der Waals surface area contributed by atoms with Crippen LogP contribution in [0.4, 0.5) is 0 Å². The Bertz CT molecular complexity index is 390. The maximum Gasteiger partial charge on any atom is 0.0701 e. The van der Waals surface area contributed by atoms with Crippen LogP contribution in [0.15, 0.2) is 0 Å². The zero-order valence-corrected chi connectivity index (χ0v) is 26.5. The summed E-state index contributed by atoms with van der Waals surface area (Å²) in [5.74, 6) is 0. The van der Waals surface area contributed by atoms with Crippen LogP contribution in [-0.2, 0) is 37.9 Å². The fourth-order valence-electron chi connectivity index (χ4n) is 3.96. The number of unbranched alkanes of at least 4 members (excludes halogenated alkanes) is 12. The van der Waals surface area contributed by atoms with Crippen molar-refractivity contribution in [1.29, 1.82) is 0 Å². The lowest BCUT2D eigenvalue weighted by molar-refractivity contribution is -0.0232. The van der Waals surface area contributed by atoms with Crippen LogP contribution in [0.3, 0.4) is 0 Å². The summed E-state index contributed by atoms with van der Waals surface area (Å²) in [6.45, 7) is 14.4. The van der Waals surface area contributed by atoms with Crippen LogP contribution in [0.1, 0.15) is 104 Å². The quantitative estimate of drug-likeness (QED) is 0.0762. The van der Waals surface area contributed by atoms with Gasteiger partial charge in [-0.1, -0.05) is 90.9 Å². The monoisotopic (exact) mass is 578 g/mol. The molecule has 0 saturated carbocycles. The Morgan fingerprint density at radius 1 is 0.200 bits per heavy atom. The maximum atomic E-state index is 5.65. The lowest BCUT2D eigenvalue weighted by Gasteiger charge is -2.08. The summed E-state index contributed by atoms with van der Waals surface area (Å²) in [6.07, 6.45) is 18.5. The first kappa shape index (κ1) is 39.7. The van der Waals surface area contributed by atoms with Gasteiger partial charge in [0, 0.05) is 13.2 Å². The SMILES string of the molecule is CCCCCCCCCCCCCOCCOCCOCCOCCOCCOCCOCCOCCCCC. The van der Waals surface area contributed by atoms with E-state index < -0.39 is 0 Å². The Hall–Kier alpha value is -0.320. The van der Waals surface area contributed by atoms with Crippen molar-refractivity contribution < 1.29 is 37.9 Å². The molecule has 0 aromatic carbocycles. The Labute approximate surface area is 247 Å². The highest BCUT2D eigenvalue weighted by Crippen LogP contribution is 2.11. The molecule has 0 spiro atoms. The average Bonchev–Trinajstić information content (AvgIpc) is 2.97. The molecule has 0 unspecified atom stereocenters. The van der Waals surface area contributed by atoms with E-state index in [9.17, 15) is 0 Å². The van der Waals surface area contributed by atoms with E-state index in [0.29, 0.717) is 92.5 Å². The van der Waals surface area contributed by atoms with E-state index in [1.807, 2.05) is 0 Å². The lowest BCUT2D eigenvalue weighted by Crippen LogP contribution is -2.15. The zero-order chi connectivity index (χ0) is 28.9. The van der Waals surface area contributed by atoms with Crippen LogP contribution >= 0.6 is 0 Å². The van der Waals surface area contributed by atoms with Gasteiger partial charge in [-0.05, 0) is 12.8 Å². The maximum absolute atomic E-state index is 5.65. The fourth-order valence-corrected chi connectivity index (χ4v) is 3.96. The molecular formula is C32H66O8. The van der Waals surface area contributed by atoms with Crippen LogP contribution in [0.2, 0.25) is 0 Å². The molecule has 0 aliphatic heterocycles. The summed E-state index contributed by atoms with van der Waals surface area (Å²) in [7, 11) is 0. The third-order valence-corrected chi connectivity index (χ3v) is 6.39. The van der Waals surface area contributed by atoms with Crippen LogP contribution in [0.5, 0.6) is 0 Å². The molecule has 0 saturated heterocycles. The minimum atomic E-state index is 0.553. The minimum Gasteiger partial charge on any atom is -0.379 e. The zero-order valence-electron chi connectivity index (χ0n) is 26.5. The summed E-state index contributed by atoms with van der Waals surface area (Å²) in [6, 6.07) is 0. The van der Waals surface area contributed by atoms with E-state index in [-0.39, 0.29) is 0 Å². The predicted molar refractivity (Wildman–Crippen MR) is 163 cm³/mol. The van der Waals surface area contributed by atoms with Crippen LogP contribution in [-0.4, -0.2) is 106 Å². The van der Waals surface area contributed by atoms with Crippen LogP contribution < -0.4 is 0 Å². The van der Waals surface area contributed by atoms with Crippen molar-refractivity contribution in [1.82, 2.24) is 0 Å². The Balaban J connectivity index is 3.01. The van der Waals surface area contributed by atoms with E-state index in [1.54, 1.807) is 0 Å². The molecule has 0 aromatic heterocycles. The van der Waals surface area contributed by atoms with Crippen molar-refractivity contribution in [2.75, 3.05) is 106 Å². The number of hydrogen-bond donors (Lipinski definition) is 0. The molecule has 0 bridgehead atoms. The Morgan fingerprint density at radius 3 is 0.650 bits per heavy atom. The van der Waals surface area contributed by atoms with E-state index >= 15 is 0 Å². The summed E-state index contributed by atoms with van der Waals surface area (Å²) < 4.78 is 44.1. The summed E-state index contributed by atoms with van der Waals surface area (Å²) in [5.41, 5.74) is 0. The standard InChI is InChI=1S/C32H66O8/c1-3-5-7-8-9-10-11-12-13-14-16-18-34-20-22-36-24-26-38-28-30-40-32-31-39-29-27-37-25-23-35-21-19-33-17-15-6-4-2/h3-32H2,1-2H3. The van der Waals surface area contributed by atoms with Crippen molar-refractivity contribution in [3.8, 4) is 0 Å². The smallest absolute Gasteiger partial charge is 0.0701 e.